The maximum absolute atomic E-state index is 12.3. The van der Waals surface area contributed by atoms with Crippen LogP contribution in [-0.2, 0) is 10.0 Å². The van der Waals surface area contributed by atoms with E-state index in [0.717, 1.165) is 12.8 Å². The van der Waals surface area contributed by atoms with Gasteiger partial charge in [-0.1, -0.05) is 33.6 Å². The molecule has 0 aromatic heterocycles. The molecule has 6 heteroatoms. The first kappa shape index (κ1) is 13.3. The highest BCUT2D eigenvalue weighted by molar-refractivity contribution is 9.09. The number of rotatable bonds is 2. The van der Waals surface area contributed by atoms with Crippen LogP contribution in [0.25, 0.3) is 0 Å². The van der Waals surface area contributed by atoms with Crippen LogP contribution in [0, 0.1) is 0 Å². The summed E-state index contributed by atoms with van der Waals surface area (Å²) in [6.45, 7) is 1.12. The number of hydrogen-bond donors (Lipinski definition) is 0. The average Bonchev–Trinajstić information content (AvgIpc) is 2.29. The quantitative estimate of drug-likeness (QED) is 0.778. The molecule has 1 saturated heterocycles. The third-order valence-electron chi connectivity index (χ3n) is 2.82. The highest BCUT2D eigenvalue weighted by Crippen LogP contribution is 2.25. The van der Waals surface area contributed by atoms with Crippen molar-refractivity contribution < 1.29 is 8.42 Å². The van der Waals surface area contributed by atoms with Crippen molar-refractivity contribution in [2.24, 2.45) is 0 Å². The van der Waals surface area contributed by atoms with E-state index in [2.05, 4.69) is 15.9 Å². The Morgan fingerprint density at radius 1 is 1.29 bits per heavy atom. The predicted molar refractivity (Wildman–Crippen MR) is 72.2 cm³/mol. The average molecular weight is 339 g/mol. The summed E-state index contributed by atoms with van der Waals surface area (Å²) in [6, 6.07) is 6.41. The summed E-state index contributed by atoms with van der Waals surface area (Å²) in [5.41, 5.74) is 0. The molecule has 0 amide bonds. The van der Waals surface area contributed by atoms with Gasteiger partial charge in [0.2, 0.25) is 10.0 Å². The molecule has 0 bridgehead atoms. The molecule has 0 spiro atoms. The van der Waals surface area contributed by atoms with Gasteiger partial charge in [0.15, 0.2) is 0 Å². The SMILES string of the molecule is O=S(=O)(c1cccc(Cl)c1)N1CCC(Br)CC1. The number of hydrogen-bond acceptors (Lipinski definition) is 2. The number of benzene rings is 1. The fourth-order valence-corrected chi connectivity index (χ4v) is 4.02. The second kappa shape index (κ2) is 5.26. The topological polar surface area (TPSA) is 37.4 Å². The van der Waals surface area contributed by atoms with Gasteiger partial charge < -0.3 is 0 Å². The van der Waals surface area contributed by atoms with Crippen LogP contribution >= 0.6 is 27.5 Å². The smallest absolute Gasteiger partial charge is 0.207 e. The zero-order valence-corrected chi connectivity index (χ0v) is 12.3. The van der Waals surface area contributed by atoms with Crippen LogP contribution in [0.1, 0.15) is 12.8 Å². The monoisotopic (exact) mass is 337 g/mol. The van der Waals surface area contributed by atoms with Gasteiger partial charge in [0.05, 0.1) is 4.90 Å². The Morgan fingerprint density at radius 3 is 2.53 bits per heavy atom. The lowest BCUT2D eigenvalue weighted by molar-refractivity contribution is 0.354. The Balaban J connectivity index is 2.25. The first-order chi connectivity index (χ1) is 8.00. The van der Waals surface area contributed by atoms with E-state index in [1.807, 2.05) is 0 Å². The van der Waals surface area contributed by atoms with Gasteiger partial charge in [-0.15, -0.1) is 0 Å². The minimum Gasteiger partial charge on any atom is -0.207 e. The second-order valence-electron chi connectivity index (χ2n) is 4.04. The summed E-state index contributed by atoms with van der Waals surface area (Å²) in [5.74, 6) is 0. The minimum absolute atomic E-state index is 0.276. The van der Waals surface area contributed by atoms with Crippen LogP contribution < -0.4 is 0 Å². The first-order valence-electron chi connectivity index (χ1n) is 5.40. The number of sulfonamides is 1. The Hall–Kier alpha value is -0.100. The van der Waals surface area contributed by atoms with Crippen LogP contribution in [0.15, 0.2) is 29.2 Å². The molecule has 0 saturated carbocycles. The molecule has 3 nitrogen and oxygen atoms in total. The molecule has 0 unspecified atom stereocenters. The molecule has 17 heavy (non-hydrogen) atoms. The fourth-order valence-electron chi connectivity index (χ4n) is 1.84. The maximum Gasteiger partial charge on any atom is 0.243 e. The third kappa shape index (κ3) is 3.02. The van der Waals surface area contributed by atoms with Gasteiger partial charge in [0.1, 0.15) is 0 Å². The molecular weight excluding hydrogens is 326 g/mol. The number of halogens is 2. The molecule has 1 aliphatic rings. The molecule has 0 N–H and O–H groups in total. The van der Waals surface area contributed by atoms with Gasteiger partial charge >= 0.3 is 0 Å². The van der Waals surface area contributed by atoms with Crippen molar-refractivity contribution in [1.29, 1.82) is 0 Å². The van der Waals surface area contributed by atoms with Gasteiger partial charge in [-0.3, -0.25) is 0 Å². The Labute approximate surface area is 115 Å². The van der Waals surface area contributed by atoms with Crippen LogP contribution in [-0.4, -0.2) is 30.6 Å². The second-order valence-corrected chi connectivity index (χ2v) is 7.71. The van der Waals surface area contributed by atoms with E-state index in [0.29, 0.717) is 22.9 Å². The minimum atomic E-state index is -3.38. The van der Waals surface area contributed by atoms with E-state index in [9.17, 15) is 8.42 Å². The Kier molecular flexibility index (Phi) is 4.13. The normalized spacial score (nSPS) is 19.4. The summed E-state index contributed by atoms with van der Waals surface area (Å²) < 4.78 is 26.1. The lowest BCUT2D eigenvalue weighted by atomic mass is 10.2. The zero-order valence-electron chi connectivity index (χ0n) is 9.14. The lowest BCUT2D eigenvalue weighted by Gasteiger charge is -2.28. The van der Waals surface area contributed by atoms with Gasteiger partial charge in [-0.05, 0) is 31.0 Å². The number of nitrogens with zero attached hydrogens (tertiary/aromatic N) is 1. The standard InChI is InChI=1S/C11H13BrClNO2S/c12-9-4-6-14(7-5-9)17(15,16)11-3-1-2-10(13)8-11/h1-3,8-9H,4-7H2. The van der Waals surface area contributed by atoms with Gasteiger partial charge in [-0.25, -0.2) is 8.42 Å². The van der Waals surface area contributed by atoms with E-state index in [1.54, 1.807) is 18.2 Å². The lowest BCUT2D eigenvalue weighted by Crippen LogP contribution is -2.38. The first-order valence-corrected chi connectivity index (χ1v) is 8.13. The highest BCUT2D eigenvalue weighted by Gasteiger charge is 2.28. The van der Waals surface area contributed by atoms with Crippen LogP contribution in [0.3, 0.4) is 0 Å². The van der Waals surface area contributed by atoms with E-state index in [1.165, 1.54) is 10.4 Å². The number of piperidine rings is 1. The molecule has 1 aromatic carbocycles. The molecule has 1 aromatic rings. The molecule has 2 rings (SSSR count). The van der Waals surface area contributed by atoms with E-state index in [4.69, 9.17) is 11.6 Å². The van der Waals surface area contributed by atoms with Crippen molar-refractivity contribution >= 4 is 37.6 Å². The molecule has 1 aliphatic heterocycles. The van der Waals surface area contributed by atoms with Gasteiger partial charge in [0, 0.05) is 22.9 Å². The summed E-state index contributed by atoms with van der Waals surface area (Å²) >= 11 is 9.33. The molecule has 0 aliphatic carbocycles. The van der Waals surface area contributed by atoms with Crippen molar-refractivity contribution in [3.05, 3.63) is 29.3 Å². The van der Waals surface area contributed by atoms with Crippen molar-refractivity contribution in [1.82, 2.24) is 4.31 Å². The number of alkyl halides is 1. The summed E-state index contributed by atoms with van der Waals surface area (Å²) in [4.78, 5) is 0.700. The molecule has 1 heterocycles. The van der Waals surface area contributed by atoms with Crippen molar-refractivity contribution in [3.8, 4) is 0 Å². The Bertz CT molecular complexity index is 498. The summed E-state index contributed by atoms with van der Waals surface area (Å²) in [7, 11) is -3.38. The Morgan fingerprint density at radius 2 is 1.94 bits per heavy atom. The van der Waals surface area contributed by atoms with E-state index >= 15 is 0 Å². The third-order valence-corrected chi connectivity index (χ3v) is 5.86. The van der Waals surface area contributed by atoms with Crippen molar-refractivity contribution in [2.45, 2.75) is 22.6 Å². The molecular formula is C11H13BrClNO2S. The largest absolute Gasteiger partial charge is 0.243 e. The molecule has 94 valence electrons. The van der Waals surface area contributed by atoms with Gasteiger partial charge in [0.25, 0.3) is 0 Å². The van der Waals surface area contributed by atoms with Crippen molar-refractivity contribution in [2.75, 3.05) is 13.1 Å². The summed E-state index contributed by atoms with van der Waals surface area (Å²) in [5, 5.41) is 0.446. The van der Waals surface area contributed by atoms with Crippen molar-refractivity contribution in [3.63, 3.8) is 0 Å². The van der Waals surface area contributed by atoms with Gasteiger partial charge in [-0.2, -0.15) is 4.31 Å². The van der Waals surface area contributed by atoms with Crippen LogP contribution in [0.4, 0.5) is 0 Å². The molecule has 0 radical (unpaired) electrons. The van der Waals surface area contributed by atoms with E-state index in [-0.39, 0.29) is 4.90 Å². The van der Waals surface area contributed by atoms with E-state index < -0.39 is 10.0 Å². The zero-order chi connectivity index (χ0) is 12.5. The maximum atomic E-state index is 12.3. The van der Waals surface area contributed by atoms with Crippen LogP contribution in [0.2, 0.25) is 5.02 Å². The molecule has 1 fully saturated rings. The molecule has 0 atom stereocenters. The van der Waals surface area contributed by atoms with Crippen LogP contribution in [0.5, 0.6) is 0 Å². The summed E-state index contributed by atoms with van der Waals surface area (Å²) in [6.07, 6.45) is 1.69. The fraction of sp³-hybridized carbons (Fsp3) is 0.455. The highest BCUT2D eigenvalue weighted by atomic mass is 79.9. The predicted octanol–water partition coefficient (Wildman–Crippen LogP) is 2.89.